The van der Waals surface area contributed by atoms with Gasteiger partial charge in [-0.1, -0.05) is 6.07 Å². The summed E-state index contributed by atoms with van der Waals surface area (Å²) in [5.41, 5.74) is 9.90. The van der Waals surface area contributed by atoms with Gasteiger partial charge >= 0.3 is 0 Å². The number of nitrogens with zero attached hydrogens (tertiary/aromatic N) is 3. The highest BCUT2D eigenvalue weighted by Crippen LogP contribution is 2.24. The number of rotatable bonds is 3. The van der Waals surface area contributed by atoms with Crippen molar-refractivity contribution in [3.8, 4) is 0 Å². The Labute approximate surface area is 110 Å². The van der Waals surface area contributed by atoms with Crippen LogP contribution in [0.25, 0.3) is 11.0 Å². The van der Waals surface area contributed by atoms with Gasteiger partial charge in [-0.2, -0.15) is 0 Å². The van der Waals surface area contributed by atoms with Crippen LogP contribution in [0.4, 0.5) is 0 Å². The van der Waals surface area contributed by atoms with Crippen molar-refractivity contribution in [3.05, 3.63) is 53.9 Å². The molecular weight excluding hydrogens is 238 g/mol. The Hall–Kier alpha value is -2.27. The van der Waals surface area contributed by atoms with Crippen LogP contribution in [-0.2, 0) is 0 Å². The minimum atomic E-state index is 0.0571. The fourth-order valence-corrected chi connectivity index (χ4v) is 2.29. The Morgan fingerprint density at radius 1 is 1.32 bits per heavy atom. The van der Waals surface area contributed by atoms with Gasteiger partial charge in [-0.15, -0.1) is 0 Å². The van der Waals surface area contributed by atoms with Gasteiger partial charge in [-0.05, 0) is 24.6 Å². The molecule has 3 aromatic rings. The lowest BCUT2D eigenvalue weighted by atomic mass is 9.96. The highest BCUT2D eigenvalue weighted by atomic mass is 14.9. The predicted molar refractivity (Wildman–Crippen MR) is 73.8 cm³/mol. The number of aromatic amines is 1. The van der Waals surface area contributed by atoms with E-state index in [4.69, 9.17) is 5.73 Å². The highest BCUT2D eigenvalue weighted by molar-refractivity contribution is 5.76. The molecule has 5 heteroatoms. The van der Waals surface area contributed by atoms with Crippen molar-refractivity contribution in [2.24, 2.45) is 5.73 Å². The monoisotopic (exact) mass is 253 g/mol. The molecule has 0 fully saturated rings. The second-order valence-corrected chi connectivity index (χ2v) is 4.52. The molecule has 3 N–H and O–H groups in total. The molecule has 19 heavy (non-hydrogen) atoms. The standard InChI is InChI=1S/C14H15N5/c1-9-18-12-3-2-10(6-13(12)19-9)11(7-15)14-8-16-4-5-17-14/h2-6,8,11H,7,15H2,1H3,(H,18,19). The van der Waals surface area contributed by atoms with Crippen molar-refractivity contribution in [2.75, 3.05) is 6.54 Å². The van der Waals surface area contributed by atoms with E-state index in [-0.39, 0.29) is 5.92 Å². The first kappa shape index (κ1) is 11.8. The number of imidazole rings is 1. The fraction of sp³-hybridized carbons (Fsp3) is 0.214. The molecule has 5 nitrogen and oxygen atoms in total. The third-order valence-electron chi connectivity index (χ3n) is 3.20. The van der Waals surface area contributed by atoms with Crippen LogP contribution in [0.5, 0.6) is 0 Å². The Balaban J connectivity index is 2.06. The van der Waals surface area contributed by atoms with Gasteiger partial charge in [0.15, 0.2) is 0 Å². The van der Waals surface area contributed by atoms with Crippen molar-refractivity contribution in [3.63, 3.8) is 0 Å². The summed E-state index contributed by atoms with van der Waals surface area (Å²) in [6.45, 7) is 2.44. The number of aromatic nitrogens is 4. The minimum absolute atomic E-state index is 0.0571. The largest absolute Gasteiger partial charge is 0.342 e. The molecule has 0 saturated carbocycles. The molecule has 0 saturated heterocycles. The lowest BCUT2D eigenvalue weighted by Crippen LogP contribution is -2.15. The zero-order chi connectivity index (χ0) is 13.2. The molecule has 0 aliphatic carbocycles. The molecule has 1 atom stereocenters. The van der Waals surface area contributed by atoms with Crippen LogP contribution in [0.1, 0.15) is 23.0 Å². The van der Waals surface area contributed by atoms with Crippen LogP contribution in [0.2, 0.25) is 0 Å². The van der Waals surface area contributed by atoms with Crippen molar-refractivity contribution >= 4 is 11.0 Å². The third kappa shape index (κ3) is 2.20. The van der Waals surface area contributed by atoms with Crippen LogP contribution in [0.3, 0.4) is 0 Å². The van der Waals surface area contributed by atoms with Gasteiger partial charge in [0, 0.05) is 31.1 Å². The second-order valence-electron chi connectivity index (χ2n) is 4.52. The van der Waals surface area contributed by atoms with Crippen molar-refractivity contribution < 1.29 is 0 Å². The Bertz CT molecular complexity index is 689. The molecule has 3 rings (SSSR count). The van der Waals surface area contributed by atoms with Gasteiger partial charge in [0.05, 0.1) is 16.7 Å². The number of hydrogen-bond acceptors (Lipinski definition) is 4. The summed E-state index contributed by atoms with van der Waals surface area (Å²) in [5, 5.41) is 0. The van der Waals surface area contributed by atoms with Gasteiger partial charge < -0.3 is 10.7 Å². The number of hydrogen-bond donors (Lipinski definition) is 2. The molecule has 0 amide bonds. The van der Waals surface area contributed by atoms with E-state index >= 15 is 0 Å². The number of nitrogens with two attached hydrogens (primary N) is 1. The molecule has 2 aromatic heterocycles. The SMILES string of the molecule is Cc1nc2ccc(C(CN)c3cnccn3)cc2[nH]1. The van der Waals surface area contributed by atoms with Gasteiger partial charge in [0.1, 0.15) is 5.82 Å². The average Bonchev–Trinajstić information content (AvgIpc) is 2.80. The number of nitrogens with one attached hydrogen (secondary N) is 1. The first-order valence-corrected chi connectivity index (χ1v) is 6.20. The van der Waals surface area contributed by atoms with Crippen molar-refractivity contribution in [1.29, 1.82) is 0 Å². The summed E-state index contributed by atoms with van der Waals surface area (Å²) in [6.07, 6.45) is 5.12. The lowest BCUT2D eigenvalue weighted by Gasteiger charge is -2.14. The third-order valence-corrected chi connectivity index (χ3v) is 3.20. The molecule has 2 heterocycles. The molecule has 96 valence electrons. The van der Waals surface area contributed by atoms with Crippen LogP contribution in [0, 0.1) is 6.92 Å². The van der Waals surface area contributed by atoms with Gasteiger partial charge in [-0.3, -0.25) is 9.97 Å². The summed E-state index contributed by atoms with van der Waals surface area (Å²) in [7, 11) is 0. The number of benzene rings is 1. The topological polar surface area (TPSA) is 80.5 Å². The maximum absolute atomic E-state index is 5.89. The van der Waals surface area contributed by atoms with E-state index in [2.05, 4.69) is 32.1 Å². The molecule has 0 bridgehead atoms. The van der Waals surface area contributed by atoms with Gasteiger partial charge in [0.2, 0.25) is 0 Å². The summed E-state index contributed by atoms with van der Waals surface area (Å²) in [4.78, 5) is 16.1. The molecule has 1 unspecified atom stereocenters. The second kappa shape index (κ2) is 4.78. The van der Waals surface area contributed by atoms with E-state index in [9.17, 15) is 0 Å². The Morgan fingerprint density at radius 2 is 2.21 bits per heavy atom. The maximum Gasteiger partial charge on any atom is 0.104 e. The zero-order valence-electron chi connectivity index (χ0n) is 10.7. The number of H-pyrrole nitrogens is 1. The van der Waals surface area contributed by atoms with E-state index in [1.807, 2.05) is 13.0 Å². The lowest BCUT2D eigenvalue weighted by molar-refractivity contribution is 0.780. The fourth-order valence-electron chi connectivity index (χ4n) is 2.29. The van der Waals surface area contributed by atoms with E-state index < -0.39 is 0 Å². The molecule has 0 aliphatic heterocycles. The molecule has 0 aliphatic rings. The van der Waals surface area contributed by atoms with Crippen molar-refractivity contribution in [1.82, 2.24) is 19.9 Å². The van der Waals surface area contributed by atoms with E-state index in [1.54, 1.807) is 18.6 Å². The molecule has 0 spiro atoms. The summed E-state index contributed by atoms with van der Waals surface area (Å²) in [6, 6.07) is 6.14. The van der Waals surface area contributed by atoms with Gasteiger partial charge in [-0.25, -0.2) is 4.98 Å². The van der Waals surface area contributed by atoms with E-state index in [0.29, 0.717) is 6.54 Å². The van der Waals surface area contributed by atoms with Crippen LogP contribution in [-0.4, -0.2) is 26.5 Å². The summed E-state index contributed by atoms with van der Waals surface area (Å²) in [5.74, 6) is 0.970. The average molecular weight is 253 g/mol. The van der Waals surface area contributed by atoms with Crippen LogP contribution >= 0.6 is 0 Å². The molecular formula is C14H15N5. The maximum atomic E-state index is 5.89. The van der Waals surface area contributed by atoms with Gasteiger partial charge in [0.25, 0.3) is 0 Å². The Morgan fingerprint density at radius 3 is 2.95 bits per heavy atom. The summed E-state index contributed by atoms with van der Waals surface area (Å²) < 4.78 is 0. The number of fused-ring (bicyclic) bond motifs is 1. The quantitative estimate of drug-likeness (QED) is 0.745. The van der Waals surface area contributed by atoms with Crippen molar-refractivity contribution in [2.45, 2.75) is 12.8 Å². The number of aryl methyl sites for hydroxylation is 1. The molecule has 1 aromatic carbocycles. The first-order chi connectivity index (χ1) is 9.28. The van der Waals surface area contributed by atoms with E-state index in [0.717, 1.165) is 28.1 Å². The predicted octanol–water partition coefficient (Wildman–Crippen LogP) is 1.75. The van der Waals surface area contributed by atoms with E-state index in [1.165, 1.54) is 0 Å². The zero-order valence-corrected chi connectivity index (χ0v) is 10.7. The smallest absolute Gasteiger partial charge is 0.104 e. The minimum Gasteiger partial charge on any atom is -0.342 e. The molecule has 0 radical (unpaired) electrons. The summed E-state index contributed by atoms with van der Waals surface area (Å²) >= 11 is 0. The normalized spacial score (nSPS) is 12.7. The highest BCUT2D eigenvalue weighted by Gasteiger charge is 2.15. The van der Waals surface area contributed by atoms with Crippen LogP contribution in [0.15, 0.2) is 36.8 Å². The van der Waals surface area contributed by atoms with Crippen LogP contribution < -0.4 is 5.73 Å². The first-order valence-electron chi connectivity index (χ1n) is 6.20. The Kier molecular flexibility index (Phi) is 2.97.